The van der Waals surface area contributed by atoms with E-state index in [0.717, 1.165) is 0 Å². The highest BCUT2D eigenvalue weighted by Gasteiger charge is 1.86. The zero-order chi connectivity index (χ0) is 7.49. The predicted molar refractivity (Wildman–Crippen MR) is 50.6 cm³/mol. The second-order valence-corrected chi connectivity index (χ2v) is 14.0. The van der Waals surface area contributed by atoms with E-state index < -0.39 is 31.0 Å². The molecule has 0 aliphatic heterocycles. The molecule has 0 aliphatic rings. The molecule has 0 aliphatic carbocycles. The van der Waals surface area contributed by atoms with Crippen molar-refractivity contribution in [2.75, 3.05) is 0 Å². The standard InChI is InChI=1S/HI2N2O2PS/c1-7(6)8(2-5)4-3/h8H/i8T. The molecule has 0 heterocycles. The lowest BCUT2D eigenvalue weighted by Gasteiger charge is -1.56. The van der Waals surface area contributed by atoms with Gasteiger partial charge in [-0.1, -0.05) is 0 Å². The van der Waals surface area contributed by atoms with Crippen LogP contribution in [0.4, 0.5) is 0 Å². The van der Waals surface area contributed by atoms with Crippen molar-refractivity contribution in [3.63, 3.8) is 0 Å². The van der Waals surface area contributed by atoms with E-state index in [1.165, 1.54) is 22.0 Å². The van der Waals surface area contributed by atoms with Gasteiger partial charge in [-0.3, -0.25) is 7.63 Å². The van der Waals surface area contributed by atoms with Gasteiger partial charge in [-0.2, -0.15) is 0 Å². The Labute approximate surface area is 70.7 Å². The highest BCUT2D eigenvalue weighted by Crippen LogP contribution is 2.24. The highest BCUT2D eigenvalue weighted by atomic mass is 127. The van der Waals surface area contributed by atoms with Crippen LogP contribution in [0.1, 0.15) is 0 Å². The van der Waals surface area contributed by atoms with Crippen LogP contribution in [0.15, 0.2) is 0 Å². The maximum Gasteiger partial charge on any atom is 0.285 e. The van der Waals surface area contributed by atoms with Crippen LogP contribution in [-0.2, 0) is 14.6 Å². The van der Waals surface area contributed by atoms with Gasteiger partial charge < -0.3 is 5.53 Å². The fraction of sp³-hybridized carbons (Fsp3) is 0. The molecule has 4 nitrogen and oxygen atoms in total. The van der Waals surface area contributed by atoms with Gasteiger partial charge in [0.25, 0.3) is 24.0 Å². The summed E-state index contributed by atoms with van der Waals surface area (Å²) in [5.41, 5.74) is 8.07. The molecule has 0 rings (SSSR count). The molecule has 48 valence electrons. The lowest BCUT2D eigenvalue weighted by atomic mass is 13.3. The van der Waals surface area contributed by atoms with E-state index in [9.17, 15) is 7.63 Å². The largest absolute Gasteiger partial charge is 0.351 e. The van der Waals surface area contributed by atoms with E-state index in [0.29, 0.717) is 0 Å². The molecule has 0 radical (unpaired) electrons. The second-order valence-electron chi connectivity index (χ2n) is 0.577. The van der Waals surface area contributed by atoms with Gasteiger partial charge in [0.15, 0.2) is 1.12 Å². The summed E-state index contributed by atoms with van der Waals surface area (Å²) in [6, 6.07) is 0. The first-order valence-electron chi connectivity index (χ1n) is 1.63. The Morgan fingerprint density at radius 1 is 2.12 bits per heavy atom. The molecule has 2 atom stereocenters. The van der Waals surface area contributed by atoms with Crippen molar-refractivity contribution in [1.29, 1.82) is 1.12 Å². The summed E-state index contributed by atoms with van der Waals surface area (Å²) < 4.78 is 28.2. The molecule has 0 aromatic heterocycles. The molecule has 2 unspecified atom stereocenters. The fourth-order valence-electron chi connectivity index (χ4n) is 0.0635. The zero-order valence-corrected chi connectivity index (χ0v) is 9.35. The SMILES string of the molecule is [3H]S(=[N+]=[N-])(I=O)=P(=O)I. The van der Waals surface area contributed by atoms with E-state index in [1.54, 1.807) is 0 Å². The lowest BCUT2D eigenvalue weighted by Crippen LogP contribution is -1.49. The lowest BCUT2D eigenvalue weighted by molar-refractivity contribution is 0.605. The molecule has 0 aromatic rings. The number of nitrogens with zero attached hydrogens (tertiary/aromatic N) is 2. The minimum atomic E-state index is -2.75. The maximum atomic E-state index is 10.5. The molecule has 0 saturated heterocycles. The first-order valence-corrected chi connectivity index (χ1v) is 10.5. The first kappa shape index (κ1) is 7.33. The molecule has 0 bridgehead atoms. The van der Waals surface area contributed by atoms with Crippen LogP contribution in [0.2, 0.25) is 0 Å². The summed E-state index contributed by atoms with van der Waals surface area (Å²) in [5.74, 6) is 0. The van der Waals surface area contributed by atoms with Gasteiger partial charge in [0.2, 0.25) is 6.94 Å². The minimum Gasteiger partial charge on any atom is -0.351 e. The zero-order valence-electron chi connectivity index (χ0n) is 4.32. The second kappa shape index (κ2) is 5.04. The van der Waals surface area contributed by atoms with Crippen LogP contribution in [0.25, 0.3) is 5.53 Å². The van der Waals surface area contributed by atoms with Crippen molar-refractivity contribution in [3.05, 3.63) is 5.53 Å². The van der Waals surface area contributed by atoms with Gasteiger partial charge in [-0.25, -0.2) is 0 Å². The molecule has 0 spiro atoms. The molecule has 8 heteroatoms. The van der Waals surface area contributed by atoms with Gasteiger partial charge in [-0.15, -0.1) is 4.16 Å². The number of hydrogen-bond acceptors (Lipinski definition) is 2. The monoisotopic (exact) mass is 380 g/mol. The third kappa shape index (κ3) is 3.29. The third-order valence-corrected chi connectivity index (χ3v) is 17.6. The first-order chi connectivity index (χ1) is 4.06. The van der Waals surface area contributed by atoms with Crippen LogP contribution < -0.4 is 4.16 Å². The molecule has 0 amide bonds. The number of rotatable bonds is 1. The van der Waals surface area contributed by atoms with Crippen molar-refractivity contribution in [2.45, 2.75) is 0 Å². The smallest absolute Gasteiger partial charge is 0.285 e. The summed E-state index contributed by atoms with van der Waals surface area (Å²) in [4.78, 5) is 0. The molecular formula is HI2N2O2PS. The summed E-state index contributed by atoms with van der Waals surface area (Å²) in [6.07, 6.45) is 0. The van der Waals surface area contributed by atoms with E-state index in [2.05, 4.69) is 4.16 Å². The molecular weight excluding hydrogens is 377 g/mol. The molecule has 0 N–H and O–H groups in total. The van der Waals surface area contributed by atoms with Gasteiger partial charge in [0.05, 0.1) is 0 Å². The average molecular weight is 380 g/mol. The predicted octanol–water partition coefficient (Wildman–Crippen LogP) is 1.93. The Balaban J connectivity index is 5.87. The van der Waals surface area contributed by atoms with Crippen LogP contribution >= 0.6 is 46.1 Å². The summed E-state index contributed by atoms with van der Waals surface area (Å²) in [5, 5.41) is 0. The summed E-state index contributed by atoms with van der Waals surface area (Å²) in [6.45, 7) is -2.75. The highest BCUT2D eigenvalue weighted by molar-refractivity contribution is 14.2. The van der Waals surface area contributed by atoms with Crippen LogP contribution in [0.3, 0.4) is 0 Å². The van der Waals surface area contributed by atoms with E-state index >= 15 is 0 Å². The third-order valence-electron chi connectivity index (χ3n) is 0.242. The maximum absolute atomic E-state index is 10.5. The van der Waals surface area contributed by atoms with Crippen molar-refractivity contribution in [1.82, 2.24) is 4.16 Å². The van der Waals surface area contributed by atoms with Crippen LogP contribution in [-0.4, -0.2) is 1.12 Å². The number of hydrogen-bond donors (Lipinski definition) is 1. The Kier molecular flexibility index (Phi) is 4.62. The van der Waals surface area contributed by atoms with E-state index in [1.807, 2.05) is 0 Å². The fourth-order valence-corrected chi connectivity index (χ4v) is 6.23. The van der Waals surface area contributed by atoms with E-state index in [4.69, 9.17) is 6.65 Å². The molecule has 0 aromatic carbocycles. The summed E-state index contributed by atoms with van der Waals surface area (Å²) in [7, 11) is 0. The normalized spacial score (nSPS) is 20.1. The molecule has 0 saturated carbocycles. The van der Waals surface area contributed by atoms with Gasteiger partial charge in [0.1, 0.15) is 0 Å². The average Bonchev–Trinajstić information content (AvgIpc) is 1.86. The van der Waals surface area contributed by atoms with Crippen molar-refractivity contribution < 1.29 is 7.63 Å². The molecule has 8 heavy (non-hydrogen) atoms. The Bertz CT molecular complexity index is 305. The van der Waals surface area contributed by atoms with E-state index in [-0.39, 0.29) is 0 Å². The number of thiol groups is 1. The van der Waals surface area contributed by atoms with Gasteiger partial charge >= 0.3 is 0 Å². The molecule has 0 fully saturated rings. The Morgan fingerprint density at radius 2 is 2.62 bits per heavy atom. The van der Waals surface area contributed by atoms with Gasteiger partial charge in [-0.05, 0) is 0 Å². The van der Waals surface area contributed by atoms with Gasteiger partial charge in [0, 0.05) is 22.0 Å². The van der Waals surface area contributed by atoms with Crippen LogP contribution in [0.5, 0.6) is 0 Å². The van der Waals surface area contributed by atoms with Crippen molar-refractivity contribution >= 4 is 53.0 Å². The summed E-state index contributed by atoms with van der Waals surface area (Å²) >= 11 is -0.337. The Hall–Kier alpha value is 1.22. The number of halogens is 2. The Morgan fingerprint density at radius 3 is 2.62 bits per heavy atom. The minimum absolute atomic E-state index is 1.45. The van der Waals surface area contributed by atoms with Crippen molar-refractivity contribution in [2.24, 2.45) is 0 Å². The topological polar surface area (TPSA) is 70.5 Å². The van der Waals surface area contributed by atoms with Crippen LogP contribution in [0, 0.1) is 0 Å². The quantitative estimate of drug-likeness (QED) is 0.248. The van der Waals surface area contributed by atoms with Crippen molar-refractivity contribution in [3.8, 4) is 0 Å².